The lowest BCUT2D eigenvalue weighted by molar-refractivity contribution is -0.319. The van der Waals surface area contributed by atoms with Crippen LogP contribution < -0.4 is 0 Å². The lowest BCUT2D eigenvalue weighted by atomic mass is 9.94. The highest BCUT2D eigenvalue weighted by Crippen LogP contribution is 2.32. The molecule has 0 spiro atoms. The lowest BCUT2D eigenvalue weighted by Gasteiger charge is -2.46. The van der Waals surface area contributed by atoms with Crippen molar-refractivity contribution in [3.8, 4) is 0 Å². The van der Waals surface area contributed by atoms with Crippen molar-refractivity contribution in [2.24, 2.45) is 0 Å². The van der Waals surface area contributed by atoms with Crippen LogP contribution in [0.1, 0.15) is 55.4 Å². The Morgan fingerprint density at radius 1 is 0.455 bits per heavy atom. The van der Waals surface area contributed by atoms with E-state index in [1.165, 1.54) is 6.92 Å². The molecule has 2 aliphatic rings. The molecule has 0 saturated carbocycles. The molecule has 2 heterocycles. The van der Waals surface area contributed by atoms with Gasteiger partial charge in [-0.15, -0.1) is 0 Å². The molecule has 0 aromatic rings. The first-order valence-corrected chi connectivity index (χ1v) is 13.6. The predicted molar refractivity (Wildman–Crippen MR) is 139 cm³/mol. The van der Waals surface area contributed by atoms with Gasteiger partial charge in [-0.1, -0.05) is 0 Å². The maximum Gasteiger partial charge on any atom is 0.303 e. The molecule has 44 heavy (non-hydrogen) atoms. The van der Waals surface area contributed by atoms with Crippen molar-refractivity contribution >= 4 is 41.8 Å². The van der Waals surface area contributed by atoms with Gasteiger partial charge < -0.3 is 47.4 Å². The van der Waals surface area contributed by atoms with E-state index in [0.29, 0.717) is 0 Å². The van der Waals surface area contributed by atoms with Crippen molar-refractivity contribution in [1.29, 1.82) is 0 Å². The van der Waals surface area contributed by atoms with E-state index in [1.54, 1.807) is 0 Å². The third kappa shape index (κ3) is 10.7. The van der Waals surface area contributed by atoms with Crippen LogP contribution in [0, 0.1) is 0 Å². The molecule has 0 N–H and O–H groups in total. The van der Waals surface area contributed by atoms with E-state index in [0.717, 1.165) is 48.5 Å². The summed E-state index contributed by atoms with van der Waals surface area (Å²) in [6, 6.07) is 0. The van der Waals surface area contributed by atoms with E-state index in [-0.39, 0.29) is 0 Å². The van der Waals surface area contributed by atoms with Crippen molar-refractivity contribution < 1.29 is 80.9 Å². The van der Waals surface area contributed by atoms with Gasteiger partial charge in [-0.25, -0.2) is 0 Å². The zero-order valence-electron chi connectivity index (χ0n) is 25.6. The summed E-state index contributed by atoms with van der Waals surface area (Å²) in [5.74, 6) is -5.46. The Labute approximate surface area is 252 Å². The molecule has 0 aromatic heterocycles. The Balaban J connectivity index is 2.48. The second-order valence-corrected chi connectivity index (χ2v) is 10.0. The van der Waals surface area contributed by atoms with Crippen molar-refractivity contribution in [2.45, 2.75) is 117 Å². The first kappa shape index (κ1) is 36.4. The quantitative estimate of drug-likeness (QED) is 0.210. The van der Waals surface area contributed by atoms with Crippen LogP contribution in [0.2, 0.25) is 0 Å². The van der Waals surface area contributed by atoms with Gasteiger partial charge in [0.2, 0.25) is 0 Å². The number of carbonyl (C=O) groups excluding carboxylic acids is 7. The summed E-state index contributed by atoms with van der Waals surface area (Å²) in [5.41, 5.74) is 0. The molecule has 0 amide bonds. The number of hydrogen-bond donors (Lipinski definition) is 0. The minimum atomic E-state index is -1.56. The Bertz CT molecular complexity index is 1090. The topological polar surface area (TPSA) is 212 Å². The molecule has 10 atom stereocenters. The largest absolute Gasteiger partial charge is 0.463 e. The Kier molecular flexibility index (Phi) is 13.5. The fourth-order valence-corrected chi connectivity index (χ4v) is 4.76. The first-order chi connectivity index (χ1) is 20.5. The summed E-state index contributed by atoms with van der Waals surface area (Å²) < 4.78 is 55.0. The number of hydrogen-bond acceptors (Lipinski definition) is 17. The van der Waals surface area contributed by atoms with Crippen LogP contribution in [0.5, 0.6) is 0 Å². The Morgan fingerprint density at radius 3 is 1.25 bits per heavy atom. The zero-order valence-corrected chi connectivity index (χ0v) is 25.6. The van der Waals surface area contributed by atoms with Crippen molar-refractivity contribution in [2.75, 3.05) is 13.2 Å². The van der Waals surface area contributed by atoms with Crippen molar-refractivity contribution in [1.82, 2.24) is 0 Å². The second kappa shape index (κ2) is 16.3. The number of rotatable bonds is 11. The Hall–Kier alpha value is -3.83. The van der Waals surface area contributed by atoms with E-state index >= 15 is 0 Å². The average Bonchev–Trinajstić information content (AvgIpc) is 2.87. The summed E-state index contributed by atoms with van der Waals surface area (Å²) in [6.07, 6.45) is -13.2. The molecule has 17 heteroatoms. The Morgan fingerprint density at radius 2 is 0.818 bits per heavy atom. The molecule has 0 unspecified atom stereocenters. The maximum atomic E-state index is 12.1. The van der Waals surface area contributed by atoms with E-state index in [9.17, 15) is 33.6 Å². The second-order valence-electron chi connectivity index (χ2n) is 10.0. The van der Waals surface area contributed by atoms with Gasteiger partial charge in [-0.3, -0.25) is 33.6 Å². The van der Waals surface area contributed by atoms with Crippen LogP contribution in [0.3, 0.4) is 0 Å². The normalized spacial score (nSPS) is 31.5. The highest BCUT2D eigenvalue weighted by atomic mass is 16.7. The van der Waals surface area contributed by atoms with Crippen LogP contribution in [0.4, 0.5) is 0 Å². The van der Waals surface area contributed by atoms with Crippen molar-refractivity contribution in [3.63, 3.8) is 0 Å². The fourth-order valence-electron chi connectivity index (χ4n) is 4.76. The fraction of sp³-hybridized carbons (Fsp3) is 0.741. The van der Waals surface area contributed by atoms with E-state index in [1.807, 2.05) is 0 Å². The lowest BCUT2D eigenvalue weighted by Crippen LogP contribution is -2.64. The molecule has 17 nitrogen and oxygen atoms in total. The molecular weight excluding hydrogens is 596 g/mol. The van der Waals surface area contributed by atoms with Gasteiger partial charge in [0.05, 0.1) is 12.7 Å². The monoisotopic (exact) mass is 634 g/mol. The standard InChI is InChI=1S/C27H38O17/c1-11-21(38-13(3)29)24(41-16(6)32)22(39-14(4)30)19(37-11)10-36-27-26(43-18(8)34)25(42-17(7)33)23(40-15(5)31)20(44-27)9-35-12(2)28/h11,19-27H,9-10H2,1-8H3/t11-,19+,20+,21-,22-,23-,24+,25-,26+,27+/m0/s1. The molecule has 2 saturated heterocycles. The zero-order chi connectivity index (χ0) is 33.3. The third-order valence-electron chi connectivity index (χ3n) is 6.15. The van der Waals surface area contributed by atoms with Gasteiger partial charge in [-0.2, -0.15) is 0 Å². The van der Waals surface area contributed by atoms with Gasteiger partial charge >= 0.3 is 41.8 Å². The SMILES string of the molecule is CC(=O)OC[C@H]1O[C@@H](OC[C@H]2O[C@@H](C)[C@H](OC(C)=O)[C@@H](OC(C)=O)[C@H]2OC(C)=O)[C@H](OC(C)=O)[C@@H](OC(C)=O)[C@H]1OC(C)=O. The van der Waals surface area contributed by atoms with Crippen LogP contribution in [0.25, 0.3) is 0 Å². The number of ether oxygens (including phenoxy) is 10. The summed E-state index contributed by atoms with van der Waals surface area (Å²) in [6.45, 7) is 8.24. The molecule has 0 aromatic carbocycles. The summed E-state index contributed by atoms with van der Waals surface area (Å²) in [5, 5.41) is 0. The van der Waals surface area contributed by atoms with Gasteiger partial charge in [0, 0.05) is 48.5 Å². The van der Waals surface area contributed by atoms with Gasteiger partial charge in [-0.05, 0) is 6.92 Å². The van der Waals surface area contributed by atoms with Crippen LogP contribution in [-0.4, -0.2) is 116 Å². The summed E-state index contributed by atoms with van der Waals surface area (Å²) in [7, 11) is 0. The van der Waals surface area contributed by atoms with Gasteiger partial charge in [0.25, 0.3) is 0 Å². The summed E-state index contributed by atoms with van der Waals surface area (Å²) in [4.78, 5) is 83.4. The minimum Gasteiger partial charge on any atom is -0.463 e. The predicted octanol–water partition coefficient (Wildman–Crippen LogP) is -0.331. The molecule has 2 rings (SSSR count). The molecule has 0 aliphatic carbocycles. The van der Waals surface area contributed by atoms with Crippen LogP contribution in [0.15, 0.2) is 0 Å². The van der Waals surface area contributed by atoms with E-state index < -0.39 is 116 Å². The number of carbonyl (C=O) groups is 7. The van der Waals surface area contributed by atoms with Gasteiger partial charge in [0.1, 0.15) is 18.8 Å². The molecule has 0 radical (unpaired) electrons. The molecule has 0 bridgehead atoms. The van der Waals surface area contributed by atoms with Crippen LogP contribution in [-0.2, 0) is 80.9 Å². The molecular formula is C27H38O17. The molecule has 2 aliphatic heterocycles. The van der Waals surface area contributed by atoms with E-state index in [2.05, 4.69) is 0 Å². The average molecular weight is 635 g/mol. The van der Waals surface area contributed by atoms with Crippen molar-refractivity contribution in [3.05, 3.63) is 0 Å². The summed E-state index contributed by atoms with van der Waals surface area (Å²) >= 11 is 0. The molecule has 2 fully saturated rings. The highest BCUT2D eigenvalue weighted by Gasteiger charge is 2.54. The van der Waals surface area contributed by atoms with E-state index in [4.69, 9.17) is 47.4 Å². The van der Waals surface area contributed by atoms with Crippen LogP contribution >= 0.6 is 0 Å². The molecule has 248 valence electrons. The first-order valence-electron chi connectivity index (χ1n) is 13.6. The third-order valence-corrected chi connectivity index (χ3v) is 6.15. The highest BCUT2D eigenvalue weighted by molar-refractivity contribution is 5.69. The minimum absolute atomic E-state index is 0.483. The maximum absolute atomic E-state index is 12.1. The van der Waals surface area contributed by atoms with Gasteiger partial charge in [0.15, 0.2) is 42.9 Å². The smallest absolute Gasteiger partial charge is 0.303 e. The number of esters is 7.